The van der Waals surface area contributed by atoms with Crippen molar-refractivity contribution in [2.45, 2.75) is 25.9 Å². The summed E-state index contributed by atoms with van der Waals surface area (Å²) >= 11 is 5.52. The summed E-state index contributed by atoms with van der Waals surface area (Å²) < 4.78 is 18.0. The predicted octanol–water partition coefficient (Wildman–Crippen LogP) is 2.11. The van der Waals surface area contributed by atoms with Crippen LogP contribution in [0.1, 0.15) is 20.8 Å². The lowest BCUT2D eigenvalue weighted by atomic mass is 10.1. The summed E-state index contributed by atoms with van der Waals surface area (Å²) in [5.41, 5.74) is -0.708. The van der Waals surface area contributed by atoms with Crippen molar-refractivity contribution in [3.8, 4) is 0 Å². The molecule has 0 aliphatic heterocycles. The molecule has 1 rings (SSSR count). The van der Waals surface area contributed by atoms with Gasteiger partial charge in [-0.25, -0.2) is 4.39 Å². The van der Waals surface area contributed by atoms with Crippen LogP contribution < -0.4 is 0 Å². The molecule has 0 aromatic rings. The van der Waals surface area contributed by atoms with Crippen molar-refractivity contribution >= 4 is 17.6 Å². The maximum atomic E-state index is 13.3. The Bertz CT molecular complexity index is 217. The number of alkyl halides is 2. The maximum Gasteiger partial charge on any atom is 0.302 e. The normalized spacial score (nSPS) is 45.6. The van der Waals surface area contributed by atoms with Crippen molar-refractivity contribution in [1.29, 1.82) is 0 Å². The van der Waals surface area contributed by atoms with Crippen LogP contribution in [0.4, 0.5) is 4.39 Å². The zero-order valence-electron chi connectivity index (χ0n) is 7.36. The molecule has 0 amide bonds. The molecule has 1 aliphatic carbocycles. The van der Waals surface area contributed by atoms with Crippen LogP contribution in [-0.2, 0) is 9.53 Å². The first-order chi connectivity index (χ1) is 5.32. The lowest BCUT2D eigenvalue weighted by Gasteiger charge is -2.09. The van der Waals surface area contributed by atoms with Crippen LogP contribution in [0.15, 0.2) is 0 Å². The highest BCUT2D eigenvalue weighted by atomic mass is 35.5. The standard InChI is InChI=1S/C8H12ClFO2/c1-5-7(3,8(5,9)10)4-12-6(2)11/h5H,4H2,1-3H3/t5-,7+,8-/m0/s1. The fourth-order valence-corrected chi connectivity index (χ4v) is 1.68. The lowest BCUT2D eigenvalue weighted by molar-refractivity contribution is -0.143. The van der Waals surface area contributed by atoms with E-state index in [0.717, 1.165) is 0 Å². The van der Waals surface area contributed by atoms with Crippen LogP contribution in [0.2, 0.25) is 0 Å². The molecule has 3 atom stereocenters. The second kappa shape index (κ2) is 2.59. The molecule has 0 radical (unpaired) electrons. The molecule has 4 heteroatoms. The first-order valence-electron chi connectivity index (χ1n) is 3.83. The number of rotatable bonds is 2. The maximum absolute atomic E-state index is 13.3. The Kier molecular flexibility index (Phi) is 2.11. The smallest absolute Gasteiger partial charge is 0.302 e. The molecule has 0 unspecified atom stereocenters. The number of halogens is 2. The topological polar surface area (TPSA) is 26.3 Å². The Balaban J connectivity index is 2.49. The molecule has 0 spiro atoms. The SMILES string of the molecule is CC(=O)OC[C@]1(C)[C@H](C)[C@@]1(F)Cl. The summed E-state index contributed by atoms with van der Waals surface area (Å²) in [6, 6.07) is 0. The molecule has 0 saturated heterocycles. The number of hydrogen-bond acceptors (Lipinski definition) is 2. The van der Waals surface area contributed by atoms with Gasteiger partial charge in [0.2, 0.25) is 0 Å². The molecule has 0 aromatic heterocycles. The minimum atomic E-state index is -1.71. The van der Waals surface area contributed by atoms with Crippen molar-refractivity contribution in [3.05, 3.63) is 0 Å². The van der Waals surface area contributed by atoms with Gasteiger partial charge in [0.15, 0.2) is 5.13 Å². The first kappa shape index (κ1) is 9.78. The van der Waals surface area contributed by atoms with E-state index in [1.165, 1.54) is 6.92 Å². The molecule has 0 heterocycles. The fourth-order valence-electron chi connectivity index (χ4n) is 1.28. The van der Waals surface area contributed by atoms with Gasteiger partial charge >= 0.3 is 5.97 Å². The summed E-state index contributed by atoms with van der Waals surface area (Å²) in [7, 11) is 0. The quantitative estimate of drug-likeness (QED) is 0.497. The second-order valence-electron chi connectivity index (χ2n) is 3.54. The molecule has 0 aromatic carbocycles. The van der Waals surface area contributed by atoms with Gasteiger partial charge in [0.05, 0.1) is 5.41 Å². The molecule has 70 valence electrons. The third-order valence-corrected chi connectivity index (χ3v) is 3.51. The van der Waals surface area contributed by atoms with Crippen molar-refractivity contribution in [2.24, 2.45) is 11.3 Å². The van der Waals surface area contributed by atoms with E-state index in [9.17, 15) is 9.18 Å². The molecule has 1 aliphatic rings. The van der Waals surface area contributed by atoms with E-state index in [-0.39, 0.29) is 12.5 Å². The highest BCUT2D eigenvalue weighted by molar-refractivity contribution is 6.26. The zero-order valence-corrected chi connectivity index (χ0v) is 8.11. The molecular weight excluding hydrogens is 183 g/mol. The van der Waals surface area contributed by atoms with Gasteiger partial charge < -0.3 is 4.74 Å². The van der Waals surface area contributed by atoms with Crippen molar-refractivity contribution in [3.63, 3.8) is 0 Å². The monoisotopic (exact) mass is 194 g/mol. The third kappa shape index (κ3) is 1.20. The zero-order chi connectivity index (χ0) is 9.57. The van der Waals surface area contributed by atoms with E-state index in [1.807, 2.05) is 0 Å². The van der Waals surface area contributed by atoms with Gasteiger partial charge in [-0.1, -0.05) is 25.4 Å². The average molecular weight is 195 g/mol. The number of hydrogen-bond donors (Lipinski definition) is 0. The van der Waals surface area contributed by atoms with E-state index in [4.69, 9.17) is 16.3 Å². The highest BCUT2D eigenvalue weighted by Gasteiger charge is 2.73. The van der Waals surface area contributed by atoms with Gasteiger partial charge in [0, 0.05) is 12.8 Å². The Morgan fingerprint density at radius 1 is 1.75 bits per heavy atom. The van der Waals surface area contributed by atoms with Crippen LogP contribution in [0.25, 0.3) is 0 Å². The molecule has 0 bridgehead atoms. The van der Waals surface area contributed by atoms with Crippen LogP contribution in [-0.4, -0.2) is 17.7 Å². The largest absolute Gasteiger partial charge is 0.465 e. The Labute approximate surface area is 76.0 Å². The molecule has 2 nitrogen and oxygen atoms in total. The minimum absolute atomic E-state index is 0.0590. The van der Waals surface area contributed by atoms with Gasteiger partial charge in [-0.15, -0.1) is 0 Å². The van der Waals surface area contributed by atoms with Crippen LogP contribution >= 0.6 is 11.6 Å². The summed E-state index contributed by atoms with van der Waals surface area (Å²) in [6.07, 6.45) is 0. The van der Waals surface area contributed by atoms with Gasteiger partial charge in [-0.3, -0.25) is 4.79 Å². The lowest BCUT2D eigenvalue weighted by Crippen LogP contribution is -2.16. The van der Waals surface area contributed by atoms with Crippen LogP contribution in [0.5, 0.6) is 0 Å². The fraction of sp³-hybridized carbons (Fsp3) is 0.875. The summed E-state index contributed by atoms with van der Waals surface area (Å²) in [5.74, 6) is -0.659. The van der Waals surface area contributed by atoms with Gasteiger partial charge in [-0.05, 0) is 0 Å². The van der Waals surface area contributed by atoms with Gasteiger partial charge in [0.25, 0.3) is 0 Å². The third-order valence-electron chi connectivity index (χ3n) is 2.75. The van der Waals surface area contributed by atoms with E-state index in [1.54, 1.807) is 13.8 Å². The summed E-state index contributed by atoms with van der Waals surface area (Å²) in [5, 5.41) is -1.71. The van der Waals surface area contributed by atoms with E-state index in [0.29, 0.717) is 0 Å². The first-order valence-corrected chi connectivity index (χ1v) is 4.21. The number of esters is 1. The molecule has 0 N–H and O–H groups in total. The predicted molar refractivity (Wildman–Crippen MR) is 43.6 cm³/mol. The van der Waals surface area contributed by atoms with Gasteiger partial charge in [0.1, 0.15) is 6.61 Å². The summed E-state index contributed by atoms with van der Waals surface area (Å²) in [4.78, 5) is 10.4. The minimum Gasteiger partial charge on any atom is -0.465 e. The highest BCUT2D eigenvalue weighted by Crippen LogP contribution is 2.67. The Morgan fingerprint density at radius 3 is 2.42 bits per heavy atom. The van der Waals surface area contributed by atoms with E-state index >= 15 is 0 Å². The Hall–Kier alpha value is -0.310. The second-order valence-corrected chi connectivity index (χ2v) is 4.09. The number of carbonyl (C=O) groups is 1. The van der Waals surface area contributed by atoms with E-state index in [2.05, 4.69) is 0 Å². The van der Waals surface area contributed by atoms with Crippen molar-refractivity contribution in [2.75, 3.05) is 6.61 Å². The van der Waals surface area contributed by atoms with Crippen LogP contribution in [0.3, 0.4) is 0 Å². The van der Waals surface area contributed by atoms with Gasteiger partial charge in [-0.2, -0.15) is 0 Å². The van der Waals surface area contributed by atoms with Crippen molar-refractivity contribution < 1.29 is 13.9 Å². The molecule has 1 saturated carbocycles. The van der Waals surface area contributed by atoms with Crippen molar-refractivity contribution in [1.82, 2.24) is 0 Å². The molecule has 12 heavy (non-hydrogen) atoms. The summed E-state index contributed by atoms with van der Waals surface area (Å²) in [6.45, 7) is 4.73. The number of ether oxygens (including phenoxy) is 1. The average Bonchev–Trinajstić information content (AvgIpc) is 2.32. The van der Waals surface area contributed by atoms with E-state index < -0.39 is 16.5 Å². The Morgan fingerprint density at radius 2 is 2.17 bits per heavy atom. The molecular formula is C8H12ClFO2. The number of carbonyl (C=O) groups excluding carboxylic acids is 1. The van der Waals surface area contributed by atoms with Crippen LogP contribution in [0, 0.1) is 11.3 Å². The molecule has 1 fully saturated rings.